The van der Waals surface area contributed by atoms with Gasteiger partial charge in [-0.3, -0.25) is 9.78 Å². The first kappa shape index (κ1) is 15.5. The normalized spacial score (nSPS) is 21.3. The zero-order chi connectivity index (χ0) is 15.2. The number of amides is 1. The Morgan fingerprint density at radius 3 is 2.55 bits per heavy atom. The van der Waals surface area contributed by atoms with Gasteiger partial charge in [0.25, 0.3) is 5.91 Å². The highest BCUT2D eigenvalue weighted by Crippen LogP contribution is 2.25. The van der Waals surface area contributed by atoms with Gasteiger partial charge in [0.2, 0.25) is 0 Å². The van der Waals surface area contributed by atoms with Gasteiger partial charge in [-0.2, -0.15) is 0 Å². The van der Waals surface area contributed by atoms with Crippen LogP contribution in [0.5, 0.6) is 0 Å². The first-order valence-electron chi connectivity index (χ1n) is 8.80. The van der Waals surface area contributed by atoms with E-state index < -0.39 is 0 Å². The smallest absolute Gasteiger partial charge is 0.270 e. The highest BCUT2D eigenvalue weighted by molar-refractivity contribution is 5.92. The predicted octanol–water partition coefficient (Wildman–Crippen LogP) is 3.00. The van der Waals surface area contributed by atoms with Crippen molar-refractivity contribution >= 4 is 5.91 Å². The second kappa shape index (κ2) is 7.73. The van der Waals surface area contributed by atoms with E-state index in [4.69, 9.17) is 0 Å². The van der Waals surface area contributed by atoms with Gasteiger partial charge in [-0.15, -0.1) is 0 Å². The molecule has 1 aromatic heterocycles. The van der Waals surface area contributed by atoms with Crippen LogP contribution in [0.2, 0.25) is 0 Å². The Kier molecular flexibility index (Phi) is 5.43. The van der Waals surface area contributed by atoms with Gasteiger partial charge in [0.05, 0.1) is 0 Å². The van der Waals surface area contributed by atoms with E-state index in [1.807, 2.05) is 6.07 Å². The van der Waals surface area contributed by atoms with E-state index in [-0.39, 0.29) is 5.91 Å². The molecule has 0 unspecified atom stereocenters. The van der Waals surface area contributed by atoms with E-state index in [2.05, 4.69) is 21.7 Å². The number of nitrogens with zero attached hydrogens (tertiary/aromatic N) is 1. The predicted molar refractivity (Wildman–Crippen MR) is 88.0 cm³/mol. The van der Waals surface area contributed by atoms with Crippen molar-refractivity contribution in [3.05, 3.63) is 29.6 Å². The quantitative estimate of drug-likeness (QED) is 0.844. The molecule has 0 aromatic carbocycles. The third-order valence-electron chi connectivity index (χ3n) is 5.02. The number of piperidine rings is 1. The molecule has 1 aromatic rings. The number of pyridine rings is 1. The zero-order valence-electron chi connectivity index (χ0n) is 13.3. The van der Waals surface area contributed by atoms with E-state index >= 15 is 0 Å². The van der Waals surface area contributed by atoms with Crippen molar-refractivity contribution in [3.63, 3.8) is 0 Å². The monoisotopic (exact) mass is 301 g/mol. The maximum atomic E-state index is 12.5. The van der Waals surface area contributed by atoms with Gasteiger partial charge in [0, 0.05) is 12.2 Å². The molecule has 1 saturated carbocycles. The lowest BCUT2D eigenvalue weighted by molar-refractivity contribution is 0.0928. The van der Waals surface area contributed by atoms with Crippen molar-refractivity contribution in [2.75, 3.05) is 13.1 Å². The fourth-order valence-electron chi connectivity index (χ4n) is 3.66. The van der Waals surface area contributed by atoms with Crippen LogP contribution in [0.4, 0.5) is 0 Å². The largest absolute Gasteiger partial charge is 0.348 e. The number of aromatic nitrogens is 1. The van der Waals surface area contributed by atoms with Gasteiger partial charge >= 0.3 is 0 Å². The second-order valence-corrected chi connectivity index (χ2v) is 6.66. The van der Waals surface area contributed by atoms with Gasteiger partial charge < -0.3 is 10.6 Å². The Morgan fingerprint density at radius 1 is 1.09 bits per heavy atom. The molecule has 1 amide bonds. The standard InChI is InChI=1S/C18H27N3O/c22-18(21-16-5-3-1-2-4-6-16)17-13-15(9-12-20-17)14-7-10-19-11-8-14/h9,12-14,16,19H,1-8,10-11H2,(H,21,22). The number of carbonyl (C=O) groups is 1. The van der Waals surface area contributed by atoms with Gasteiger partial charge in [0.15, 0.2) is 0 Å². The minimum absolute atomic E-state index is 0.00249. The molecule has 1 saturated heterocycles. The van der Waals surface area contributed by atoms with Crippen molar-refractivity contribution in [1.82, 2.24) is 15.6 Å². The molecule has 4 heteroatoms. The van der Waals surface area contributed by atoms with E-state index in [0.717, 1.165) is 38.8 Å². The number of rotatable bonds is 3. The lowest BCUT2D eigenvalue weighted by Crippen LogP contribution is -2.35. The average molecular weight is 301 g/mol. The second-order valence-electron chi connectivity index (χ2n) is 6.66. The number of nitrogens with one attached hydrogen (secondary N) is 2. The summed E-state index contributed by atoms with van der Waals surface area (Å²) in [5, 5.41) is 6.58. The Hall–Kier alpha value is -1.42. The Morgan fingerprint density at radius 2 is 1.82 bits per heavy atom. The zero-order valence-corrected chi connectivity index (χ0v) is 13.3. The fraction of sp³-hybridized carbons (Fsp3) is 0.667. The van der Waals surface area contributed by atoms with Gasteiger partial charge in [-0.05, 0) is 62.4 Å². The van der Waals surface area contributed by atoms with Crippen molar-refractivity contribution in [2.24, 2.45) is 0 Å². The summed E-state index contributed by atoms with van der Waals surface area (Å²) in [5.41, 5.74) is 1.85. The van der Waals surface area contributed by atoms with Crippen LogP contribution in [0.3, 0.4) is 0 Å². The van der Waals surface area contributed by atoms with Gasteiger partial charge in [0.1, 0.15) is 5.69 Å². The molecule has 1 aliphatic carbocycles. The molecular formula is C18H27N3O. The summed E-state index contributed by atoms with van der Waals surface area (Å²) in [6.07, 6.45) is 11.4. The van der Waals surface area contributed by atoms with Crippen LogP contribution >= 0.6 is 0 Å². The Labute approximate surface area is 133 Å². The topological polar surface area (TPSA) is 54.0 Å². The molecule has 0 radical (unpaired) electrons. The van der Waals surface area contributed by atoms with E-state index in [1.165, 1.54) is 31.2 Å². The fourth-order valence-corrected chi connectivity index (χ4v) is 3.66. The SMILES string of the molecule is O=C(NC1CCCCCC1)c1cc(C2CCNCC2)ccn1. The van der Waals surface area contributed by atoms with Crippen LogP contribution in [0.1, 0.15) is 73.3 Å². The molecule has 120 valence electrons. The first-order chi connectivity index (χ1) is 10.8. The van der Waals surface area contributed by atoms with Crippen molar-refractivity contribution < 1.29 is 4.79 Å². The number of hydrogen-bond donors (Lipinski definition) is 2. The van der Waals surface area contributed by atoms with Crippen LogP contribution in [0.15, 0.2) is 18.3 Å². The van der Waals surface area contributed by atoms with Gasteiger partial charge in [-0.25, -0.2) is 0 Å². The van der Waals surface area contributed by atoms with E-state index in [9.17, 15) is 4.79 Å². The molecule has 0 spiro atoms. The highest BCUT2D eigenvalue weighted by atomic mass is 16.1. The number of hydrogen-bond acceptors (Lipinski definition) is 3. The molecule has 3 rings (SSSR count). The van der Waals surface area contributed by atoms with Crippen molar-refractivity contribution in [3.8, 4) is 0 Å². The lowest BCUT2D eigenvalue weighted by atomic mass is 9.90. The third kappa shape index (κ3) is 4.07. The molecule has 2 fully saturated rings. The summed E-state index contributed by atoms with van der Waals surface area (Å²) in [6, 6.07) is 4.40. The van der Waals surface area contributed by atoms with Crippen LogP contribution in [-0.2, 0) is 0 Å². The summed E-state index contributed by atoms with van der Waals surface area (Å²) in [6.45, 7) is 2.13. The maximum absolute atomic E-state index is 12.5. The van der Waals surface area contributed by atoms with Crippen LogP contribution < -0.4 is 10.6 Å². The molecular weight excluding hydrogens is 274 g/mol. The minimum atomic E-state index is 0.00249. The molecule has 2 N–H and O–H groups in total. The van der Waals surface area contributed by atoms with E-state index in [0.29, 0.717) is 17.7 Å². The van der Waals surface area contributed by atoms with E-state index in [1.54, 1.807) is 6.20 Å². The van der Waals surface area contributed by atoms with Crippen LogP contribution in [-0.4, -0.2) is 30.0 Å². The molecule has 22 heavy (non-hydrogen) atoms. The van der Waals surface area contributed by atoms with Crippen molar-refractivity contribution in [2.45, 2.75) is 63.3 Å². The summed E-state index contributed by atoms with van der Waals surface area (Å²) >= 11 is 0. The van der Waals surface area contributed by atoms with Crippen LogP contribution in [0, 0.1) is 0 Å². The Bertz CT molecular complexity index is 489. The van der Waals surface area contributed by atoms with Crippen LogP contribution in [0.25, 0.3) is 0 Å². The first-order valence-corrected chi connectivity index (χ1v) is 8.80. The molecule has 0 atom stereocenters. The summed E-state index contributed by atoms with van der Waals surface area (Å²) < 4.78 is 0. The molecule has 2 heterocycles. The number of carbonyl (C=O) groups excluding carboxylic acids is 1. The summed E-state index contributed by atoms with van der Waals surface area (Å²) in [5.74, 6) is 0.566. The van der Waals surface area contributed by atoms with Crippen molar-refractivity contribution in [1.29, 1.82) is 0 Å². The lowest BCUT2D eigenvalue weighted by Gasteiger charge is -2.23. The maximum Gasteiger partial charge on any atom is 0.270 e. The summed E-state index contributed by atoms with van der Waals surface area (Å²) in [4.78, 5) is 16.8. The molecule has 4 nitrogen and oxygen atoms in total. The Balaban J connectivity index is 1.64. The van der Waals surface area contributed by atoms with Gasteiger partial charge in [-0.1, -0.05) is 25.7 Å². The minimum Gasteiger partial charge on any atom is -0.348 e. The highest BCUT2D eigenvalue weighted by Gasteiger charge is 2.19. The third-order valence-corrected chi connectivity index (χ3v) is 5.02. The molecule has 0 bridgehead atoms. The molecule has 2 aliphatic rings. The summed E-state index contributed by atoms with van der Waals surface area (Å²) in [7, 11) is 0. The average Bonchev–Trinajstić information content (AvgIpc) is 2.84. The molecule has 1 aliphatic heterocycles.